The van der Waals surface area contributed by atoms with Gasteiger partial charge in [-0.15, -0.1) is 15.3 Å². The standard InChI is InChI=1S/C18H21N7O/c26-18-10-14-2-1-3-15(14)21-24(18)11-13-6-8-23(9-7-13)17-5-4-16-20-19-12-25(16)22-17/h4-5,10,12-13H,1-3,6-9,11H2. The molecule has 3 aromatic rings. The van der Waals surface area contributed by atoms with Crippen molar-refractivity contribution in [3.8, 4) is 0 Å². The van der Waals surface area contributed by atoms with E-state index in [9.17, 15) is 4.79 Å². The molecular formula is C18H21N7O. The quantitative estimate of drug-likeness (QED) is 0.703. The molecule has 0 saturated carbocycles. The Bertz CT molecular complexity index is 1000. The van der Waals surface area contributed by atoms with Gasteiger partial charge < -0.3 is 4.90 Å². The van der Waals surface area contributed by atoms with Gasteiger partial charge >= 0.3 is 0 Å². The maximum absolute atomic E-state index is 12.3. The van der Waals surface area contributed by atoms with Gasteiger partial charge in [0.2, 0.25) is 0 Å². The fourth-order valence-corrected chi connectivity index (χ4v) is 4.05. The van der Waals surface area contributed by atoms with Crippen LogP contribution in [0.5, 0.6) is 0 Å². The summed E-state index contributed by atoms with van der Waals surface area (Å²) in [7, 11) is 0. The first-order valence-corrected chi connectivity index (χ1v) is 9.28. The summed E-state index contributed by atoms with van der Waals surface area (Å²) in [5, 5.41) is 17.0. The Kier molecular flexibility index (Phi) is 3.69. The molecule has 0 radical (unpaired) electrons. The lowest BCUT2D eigenvalue weighted by atomic mass is 9.97. The van der Waals surface area contributed by atoms with Crippen molar-refractivity contribution >= 4 is 11.5 Å². The number of piperidine rings is 1. The number of anilines is 1. The molecule has 0 unspecified atom stereocenters. The van der Waals surface area contributed by atoms with E-state index in [-0.39, 0.29) is 5.56 Å². The fourth-order valence-electron chi connectivity index (χ4n) is 4.05. The first kappa shape index (κ1) is 15.5. The highest BCUT2D eigenvalue weighted by molar-refractivity contribution is 5.45. The van der Waals surface area contributed by atoms with Gasteiger partial charge in [0.05, 0.1) is 5.69 Å². The molecule has 5 rings (SSSR count). The number of rotatable bonds is 3. The van der Waals surface area contributed by atoms with Gasteiger partial charge in [-0.25, -0.2) is 4.68 Å². The van der Waals surface area contributed by atoms with Crippen LogP contribution in [0.1, 0.15) is 30.5 Å². The van der Waals surface area contributed by atoms with Gasteiger partial charge in [-0.1, -0.05) is 0 Å². The summed E-state index contributed by atoms with van der Waals surface area (Å²) in [6.45, 7) is 2.59. The predicted molar refractivity (Wildman–Crippen MR) is 96.2 cm³/mol. The number of aromatic nitrogens is 6. The maximum Gasteiger partial charge on any atom is 0.267 e. The van der Waals surface area contributed by atoms with Gasteiger partial charge in [-0.2, -0.15) is 9.61 Å². The lowest BCUT2D eigenvalue weighted by Gasteiger charge is -2.32. The summed E-state index contributed by atoms with van der Waals surface area (Å²) in [6.07, 6.45) is 6.82. The van der Waals surface area contributed by atoms with Gasteiger partial charge in [0.1, 0.15) is 12.1 Å². The zero-order valence-electron chi connectivity index (χ0n) is 14.6. The van der Waals surface area contributed by atoms with Crippen LogP contribution in [-0.4, -0.2) is 42.7 Å². The zero-order chi connectivity index (χ0) is 17.5. The minimum atomic E-state index is 0.0489. The van der Waals surface area contributed by atoms with Crippen LogP contribution >= 0.6 is 0 Å². The van der Waals surface area contributed by atoms with E-state index >= 15 is 0 Å². The molecule has 0 bridgehead atoms. The van der Waals surface area contributed by atoms with Crippen LogP contribution < -0.4 is 10.5 Å². The maximum atomic E-state index is 12.3. The number of fused-ring (bicyclic) bond motifs is 2. The largest absolute Gasteiger partial charge is 0.355 e. The van der Waals surface area contributed by atoms with Crippen molar-refractivity contribution in [1.29, 1.82) is 0 Å². The van der Waals surface area contributed by atoms with Crippen molar-refractivity contribution in [2.45, 2.75) is 38.6 Å². The van der Waals surface area contributed by atoms with E-state index in [2.05, 4.69) is 25.3 Å². The minimum absolute atomic E-state index is 0.0489. The summed E-state index contributed by atoms with van der Waals surface area (Å²) in [5.74, 6) is 1.43. The van der Waals surface area contributed by atoms with E-state index in [0.717, 1.165) is 74.5 Å². The van der Waals surface area contributed by atoms with Crippen molar-refractivity contribution in [2.75, 3.05) is 18.0 Å². The molecule has 0 atom stereocenters. The molecule has 1 aliphatic heterocycles. The van der Waals surface area contributed by atoms with E-state index < -0.39 is 0 Å². The molecule has 0 N–H and O–H groups in total. The first-order valence-electron chi connectivity index (χ1n) is 9.28. The molecule has 134 valence electrons. The van der Waals surface area contributed by atoms with E-state index in [1.165, 1.54) is 0 Å². The number of hydrogen-bond acceptors (Lipinski definition) is 6. The minimum Gasteiger partial charge on any atom is -0.355 e. The Hall–Kier alpha value is -2.77. The molecule has 0 spiro atoms. The van der Waals surface area contributed by atoms with E-state index in [4.69, 9.17) is 0 Å². The van der Waals surface area contributed by atoms with Crippen LogP contribution in [0.4, 0.5) is 5.82 Å². The van der Waals surface area contributed by atoms with Crippen LogP contribution in [-0.2, 0) is 19.4 Å². The van der Waals surface area contributed by atoms with Gasteiger partial charge in [-0.3, -0.25) is 4.79 Å². The molecule has 2 aliphatic rings. The summed E-state index contributed by atoms with van der Waals surface area (Å²) < 4.78 is 3.39. The lowest BCUT2D eigenvalue weighted by Crippen LogP contribution is -2.37. The van der Waals surface area contributed by atoms with Crippen molar-refractivity contribution in [3.05, 3.63) is 46.1 Å². The van der Waals surface area contributed by atoms with Crippen molar-refractivity contribution in [2.24, 2.45) is 5.92 Å². The molecule has 0 amide bonds. The van der Waals surface area contributed by atoms with Crippen LogP contribution in [0.2, 0.25) is 0 Å². The second-order valence-electron chi connectivity index (χ2n) is 7.25. The SMILES string of the molecule is O=c1cc2c(nn1CC1CCN(c3ccc4nncn4n3)CC1)CCC2. The van der Waals surface area contributed by atoms with Gasteiger partial charge in [-0.05, 0) is 55.7 Å². The van der Waals surface area contributed by atoms with Crippen LogP contribution in [0, 0.1) is 5.92 Å². The summed E-state index contributed by atoms with van der Waals surface area (Å²) in [5.41, 5.74) is 3.07. The summed E-state index contributed by atoms with van der Waals surface area (Å²) in [4.78, 5) is 14.6. The third kappa shape index (κ3) is 2.75. The zero-order valence-corrected chi connectivity index (χ0v) is 14.6. The van der Waals surface area contributed by atoms with Crippen molar-refractivity contribution < 1.29 is 0 Å². The average Bonchev–Trinajstić information content (AvgIpc) is 3.30. The molecule has 8 heteroatoms. The second-order valence-corrected chi connectivity index (χ2v) is 7.25. The molecule has 3 aromatic heterocycles. The molecular weight excluding hydrogens is 330 g/mol. The number of hydrogen-bond donors (Lipinski definition) is 0. The van der Waals surface area contributed by atoms with E-state index in [0.29, 0.717) is 5.92 Å². The Labute approximate surface area is 150 Å². The Balaban J connectivity index is 1.26. The Morgan fingerprint density at radius 1 is 1.12 bits per heavy atom. The summed E-state index contributed by atoms with van der Waals surface area (Å²) in [6, 6.07) is 5.73. The summed E-state index contributed by atoms with van der Waals surface area (Å²) >= 11 is 0. The third-order valence-corrected chi connectivity index (χ3v) is 5.54. The van der Waals surface area contributed by atoms with Gasteiger partial charge in [0, 0.05) is 25.7 Å². The highest BCUT2D eigenvalue weighted by atomic mass is 16.1. The smallest absolute Gasteiger partial charge is 0.267 e. The third-order valence-electron chi connectivity index (χ3n) is 5.54. The molecule has 8 nitrogen and oxygen atoms in total. The molecule has 1 saturated heterocycles. The highest BCUT2D eigenvalue weighted by Crippen LogP contribution is 2.23. The number of nitrogens with zero attached hydrogens (tertiary/aromatic N) is 7. The predicted octanol–water partition coefficient (Wildman–Crippen LogP) is 1.09. The molecule has 4 heterocycles. The molecule has 1 aliphatic carbocycles. The fraction of sp³-hybridized carbons (Fsp3) is 0.500. The topological polar surface area (TPSA) is 81.2 Å². The van der Waals surface area contributed by atoms with E-state index in [1.807, 2.05) is 12.1 Å². The van der Waals surface area contributed by atoms with Crippen molar-refractivity contribution in [3.63, 3.8) is 0 Å². The second kappa shape index (κ2) is 6.19. The molecule has 1 fully saturated rings. The average molecular weight is 351 g/mol. The van der Waals surface area contributed by atoms with Gasteiger partial charge in [0.25, 0.3) is 5.56 Å². The monoisotopic (exact) mass is 351 g/mol. The van der Waals surface area contributed by atoms with Crippen LogP contribution in [0.25, 0.3) is 5.65 Å². The van der Waals surface area contributed by atoms with E-state index in [1.54, 1.807) is 21.6 Å². The molecule has 26 heavy (non-hydrogen) atoms. The number of aryl methyl sites for hydroxylation is 2. The van der Waals surface area contributed by atoms with Gasteiger partial charge in [0.15, 0.2) is 5.65 Å². The van der Waals surface area contributed by atoms with Crippen molar-refractivity contribution in [1.82, 2.24) is 29.6 Å². The molecule has 0 aromatic carbocycles. The van der Waals surface area contributed by atoms with Crippen LogP contribution in [0.15, 0.2) is 29.3 Å². The normalized spacial score (nSPS) is 17.8. The Morgan fingerprint density at radius 2 is 2.00 bits per heavy atom. The first-order chi connectivity index (χ1) is 12.8. The lowest BCUT2D eigenvalue weighted by molar-refractivity contribution is 0.332. The highest BCUT2D eigenvalue weighted by Gasteiger charge is 2.22. The Morgan fingerprint density at radius 3 is 2.88 bits per heavy atom. The van der Waals surface area contributed by atoms with Crippen LogP contribution in [0.3, 0.4) is 0 Å².